The Morgan fingerprint density at radius 1 is 1.27 bits per heavy atom. The van der Waals surface area contributed by atoms with Crippen LogP contribution in [0.3, 0.4) is 0 Å². The molecule has 2 aliphatic rings. The molecule has 2 fully saturated rings. The third kappa shape index (κ3) is 2.91. The highest BCUT2D eigenvalue weighted by atomic mass is 16.5. The minimum atomic E-state index is -0.118. The third-order valence-electron chi connectivity index (χ3n) is 3.51. The molecule has 1 atom stereocenters. The standard InChI is InChI=1S/C11H22N2O2/c1-13(10-2-5-14-6-3-10)8-11(12)4-7-15-9-11/h10H,2-9,12H2,1H3. The van der Waals surface area contributed by atoms with Gasteiger partial charge in [-0.25, -0.2) is 0 Å². The predicted molar refractivity (Wildman–Crippen MR) is 58.8 cm³/mol. The molecule has 2 heterocycles. The number of hydrogen-bond acceptors (Lipinski definition) is 4. The largest absolute Gasteiger partial charge is 0.381 e. The summed E-state index contributed by atoms with van der Waals surface area (Å²) in [7, 11) is 2.17. The van der Waals surface area contributed by atoms with E-state index in [1.807, 2.05) is 0 Å². The molecule has 2 saturated heterocycles. The summed E-state index contributed by atoms with van der Waals surface area (Å²) in [6.07, 6.45) is 3.25. The fraction of sp³-hybridized carbons (Fsp3) is 1.00. The van der Waals surface area contributed by atoms with Crippen molar-refractivity contribution in [3.05, 3.63) is 0 Å². The maximum atomic E-state index is 6.27. The smallest absolute Gasteiger partial charge is 0.0659 e. The Bertz CT molecular complexity index is 199. The Kier molecular flexibility index (Phi) is 3.61. The van der Waals surface area contributed by atoms with E-state index in [0.29, 0.717) is 12.6 Å². The van der Waals surface area contributed by atoms with Crippen molar-refractivity contribution in [3.63, 3.8) is 0 Å². The molecule has 0 aliphatic carbocycles. The first-order chi connectivity index (χ1) is 7.20. The normalized spacial score (nSPS) is 33.8. The first kappa shape index (κ1) is 11.3. The van der Waals surface area contributed by atoms with Crippen LogP contribution in [0.1, 0.15) is 19.3 Å². The fourth-order valence-corrected chi connectivity index (χ4v) is 2.50. The molecule has 2 rings (SSSR count). The summed E-state index contributed by atoms with van der Waals surface area (Å²) < 4.78 is 10.7. The van der Waals surface area contributed by atoms with Gasteiger partial charge in [0.2, 0.25) is 0 Å². The van der Waals surface area contributed by atoms with E-state index in [-0.39, 0.29) is 5.54 Å². The van der Waals surface area contributed by atoms with E-state index in [2.05, 4.69) is 11.9 Å². The van der Waals surface area contributed by atoms with Gasteiger partial charge in [0.1, 0.15) is 0 Å². The molecule has 0 spiro atoms. The van der Waals surface area contributed by atoms with Gasteiger partial charge in [-0.15, -0.1) is 0 Å². The van der Waals surface area contributed by atoms with E-state index in [0.717, 1.165) is 45.6 Å². The number of hydrogen-bond donors (Lipinski definition) is 1. The van der Waals surface area contributed by atoms with Crippen molar-refractivity contribution in [2.24, 2.45) is 5.73 Å². The van der Waals surface area contributed by atoms with E-state index >= 15 is 0 Å². The highest BCUT2D eigenvalue weighted by Crippen LogP contribution is 2.20. The lowest BCUT2D eigenvalue weighted by atomic mass is 9.97. The van der Waals surface area contributed by atoms with Crippen LogP contribution in [0.15, 0.2) is 0 Å². The van der Waals surface area contributed by atoms with Crippen LogP contribution < -0.4 is 5.73 Å². The van der Waals surface area contributed by atoms with Crippen LogP contribution in [0.4, 0.5) is 0 Å². The van der Waals surface area contributed by atoms with E-state index in [9.17, 15) is 0 Å². The highest BCUT2D eigenvalue weighted by molar-refractivity contribution is 4.92. The van der Waals surface area contributed by atoms with Crippen LogP contribution in [0.25, 0.3) is 0 Å². The third-order valence-corrected chi connectivity index (χ3v) is 3.51. The quantitative estimate of drug-likeness (QED) is 0.730. The van der Waals surface area contributed by atoms with Crippen molar-refractivity contribution < 1.29 is 9.47 Å². The Balaban J connectivity index is 1.82. The van der Waals surface area contributed by atoms with Crippen LogP contribution >= 0.6 is 0 Å². The van der Waals surface area contributed by atoms with Crippen LogP contribution in [-0.4, -0.2) is 56.5 Å². The average molecular weight is 214 g/mol. The Morgan fingerprint density at radius 2 is 2.00 bits per heavy atom. The second kappa shape index (κ2) is 4.78. The zero-order chi connectivity index (χ0) is 10.7. The SMILES string of the molecule is CN(CC1(N)CCOC1)C1CCOCC1. The molecule has 0 aromatic carbocycles. The lowest BCUT2D eigenvalue weighted by Crippen LogP contribution is -2.52. The Morgan fingerprint density at radius 3 is 2.60 bits per heavy atom. The molecule has 0 bridgehead atoms. The molecule has 4 heteroatoms. The molecule has 0 amide bonds. The predicted octanol–water partition coefficient (Wildman–Crippen LogP) is 0.215. The fourth-order valence-electron chi connectivity index (χ4n) is 2.50. The van der Waals surface area contributed by atoms with Crippen molar-refractivity contribution in [2.75, 3.05) is 40.0 Å². The molecular formula is C11H22N2O2. The molecule has 0 radical (unpaired) electrons. The van der Waals surface area contributed by atoms with Gasteiger partial charge < -0.3 is 20.1 Å². The van der Waals surface area contributed by atoms with Crippen molar-refractivity contribution in [1.29, 1.82) is 0 Å². The lowest BCUT2D eigenvalue weighted by Gasteiger charge is -2.36. The molecule has 0 aromatic heterocycles. The number of ether oxygens (including phenoxy) is 2. The second-order valence-corrected chi connectivity index (χ2v) is 4.92. The maximum Gasteiger partial charge on any atom is 0.0659 e. The van der Waals surface area contributed by atoms with Crippen LogP contribution in [0.5, 0.6) is 0 Å². The molecule has 2 N–H and O–H groups in total. The number of nitrogens with two attached hydrogens (primary N) is 1. The van der Waals surface area contributed by atoms with Crippen molar-refractivity contribution in [3.8, 4) is 0 Å². The van der Waals surface area contributed by atoms with Crippen molar-refractivity contribution in [2.45, 2.75) is 30.8 Å². The van der Waals surface area contributed by atoms with E-state index in [1.165, 1.54) is 0 Å². The molecule has 1 unspecified atom stereocenters. The summed E-state index contributed by atoms with van der Waals surface area (Å²) in [6, 6.07) is 0.639. The Labute approximate surface area is 91.7 Å². The van der Waals surface area contributed by atoms with Crippen LogP contribution in [-0.2, 0) is 9.47 Å². The van der Waals surface area contributed by atoms with Gasteiger partial charge in [-0.05, 0) is 26.3 Å². The van der Waals surface area contributed by atoms with Gasteiger partial charge in [-0.3, -0.25) is 0 Å². The maximum absolute atomic E-state index is 6.27. The van der Waals surface area contributed by atoms with Gasteiger partial charge in [0.05, 0.1) is 12.1 Å². The topological polar surface area (TPSA) is 47.7 Å². The van der Waals surface area contributed by atoms with Crippen molar-refractivity contribution in [1.82, 2.24) is 4.90 Å². The van der Waals surface area contributed by atoms with Gasteiger partial charge in [0.25, 0.3) is 0 Å². The van der Waals surface area contributed by atoms with E-state index in [1.54, 1.807) is 0 Å². The summed E-state index contributed by atoms with van der Waals surface area (Å²) in [6.45, 7) is 4.25. The minimum absolute atomic E-state index is 0.118. The van der Waals surface area contributed by atoms with Gasteiger partial charge in [-0.2, -0.15) is 0 Å². The number of rotatable bonds is 3. The van der Waals surface area contributed by atoms with Gasteiger partial charge >= 0.3 is 0 Å². The van der Waals surface area contributed by atoms with E-state index in [4.69, 9.17) is 15.2 Å². The minimum Gasteiger partial charge on any atom is -0.381 e. The first-order valence-electron chi connectivity index (χ1n) is 5.84. The number of nitrogens with zero attached hydrogens (tertiary/aromatic N) is 1. The summed E-state index contributed by atoms with van der Waals surface area (Å²) >= 11 is 0. The molecule has 15 heavy (non-hydrogen) atoms. The zero-order valence-corrected chi connectivity index (χ0v) is 9.58. The van der Waals surface area contributed by atoms with Crippen LogP contribution in [0.2, 0.25) is 0 Å². The summed E-state index contributed by atoms with van der Waals surface area (Å²) in [5, 5.41) is 0. The molecular weight excluding hydrogens is 192 g/mol. The second-order valence-electron chi connectivity index (χ2n) is 4.92. The van der Waals surface area contributed by atoms with Gasteiger partial charge in [0.15, 0.2) is 0 Å². The summed E-state index contributed by atoms with van der Waals surface area (Å²) in [4.78, 5) is 2.39. The lowest BCUT2D eigenvalue weighted by molar-refractivity contribution is 0.0349. The van der Waals surface area contributed by atoms with Gasteiger partial charge in [0, 0.05) is 32.4 Å². The molecule has 2 aliphatic heterocycles. The molecule has 0 aromatic rings. The van der Waals surface area contributed by atoms with E-state index < -0.39 is 0 Å². The monoisotopic (exact) mass is 214 g/mol. The first-order valence-corrected chi connectivity index (χ1v) is 5.84. The molecule has 88 valence electrons. The molecule has 0 saturated carbocycles. The summed E-state index contributed by atoms with van der Waals surface area (Å²) in [5.74, 6) is 0. The zero-order valence-electron chi connectivity index (χ0n) is 9.58. The summed E-state index contributed by atoms with van der Waals surface area (Å²) in [5.41, 5.74) is 6.15. The Hall–Kier alpha value is -0.160. The highest BCUT2D eigenvalue weighted by Gasteiger charge is 2.33. The number of likely N-dealkylation sites (N-methyl/N-ethyl adjacent to an activating group) is 1. The molecule has 4 nitrogen and oxygen atoms in total. The van der Waals surface area contributed by atoms with Crippen LogP contribution in [0, 0.1) is 0 Å². The average Bonchev–Trinajstić information content (AvgIpc) is 2.66. The van der Waals surface area contributed by atoms with Gasteiger partial charge in [-0.1, -0.05) is 0 Å². The van der Waals surface area contributed by atoms with Crippen molar-refractivity contribution >= 4 is 0 Å².